The Hall–Kier alpha value is -0.900. The van der Waals surface area contributed by atoms with E-state index in [-0.39, 0.29) is 0 Å². The molecule has 3 rings (SSSR count). The number of nitrogens with zero attached hydrogens (tertiary/aromatic N) is 1. The largest absolute Gasteiger partial charge is 0.396 e. The molecule has 2 fully saturated rings. The average molecular weight is 303 g/mol. The summed E-state index contributed by atoms with van der Waals surface area (Å²) in [5, 5.41) is 18.8. The number of aliphatic hydroxyl groups excluding tert-OH is 2. The van der Waals surface area contributed by atoms with Crippen LogP contribution in [0.2, 0.25) is 0 Å². The van der Waals surface area contributed by atoms with E-state index >= 15 is 0 Å². The third-order valence-electron chi connectivity index (χ3n) is 5.79. The quantitative estimate of drug-likeness (QED) is 0.690. The number of hydrogen-bond acceptors (Lipinski definition) is 3. The van der Waals surface area contributed by atoms with E-state index < -0.39 is 0 Å². The van der Waals surface area contributed by atoms with Crippen LogP contribution < -0.4 is 0 Å². The molecule has 3 atom stereocenters. The third kappa shape index (κ3) is 3.22. The van der Waals surface area contributed by atoms with Gasteiger partial charge in [-0.25, -0.2) is 0 Å². The van der Waals surface area contributed by atoms with Crippen LogP contribution in [0.25, 0.3) is 0 Å². The van der Waals surface area contributed by atoms with Crippen molar-refractivity contribution in [3.8, 4) is 0 Å². The summed E-state index contributed by atoms with van der Waals surface area (Å²) in [5.74, 6) is 0.797. The number of hydrogen-bond donors (Lipinski definition) is 2. The zero-order valence-corrected chi connectivity index (χ0v) is 13.5. The minimum atomic E-state index is 0.292. The Bertz CT molecular complexity index is 464. The molecule has 0 radical (unpaired) electrons. The van der Waals surface area contributed by atoms with E-state index in [9.17, 15) is 5.11 Å². The van der Waals surface area contributed by atoms with E-state index in [4.69, 9.17) is 5.11 Å². The van der Waals surface area contributed by atoms with Gasteiger partial charge in [-0.2, -0.15) is 0 Å². The highest BCUT2D eigenvalue weighted by Gasteiger charge is 2.64. The summed E-state index contributed by atoms with van der Waals surface area (Å²) >= 11 is 0. The Kier molecular flexibility index (Phi) is 5.17. The molecule has 22 heavy (non-hydrogen) atoms. The molecule has 2 N–H and O–H groups in total. The molecule has 2 aliphatic rings. The fourth-order valence-electron chi connectivity index (χ4n) is 4.51. The smallest absolute Gasteiger partial charge is 0.0592 e. The predicted octanol–water partition coefficient (Wildman–Crippen LogP) is 2.81. The first-order valence-electron chi connectivity index (χ1n) is 8.80. The van der Waals surface area contributed by atoms with Gasteiger partial charge in [0.15, 0.2) is 0 Å². The first-order chi connectivity index (χ1) is 10.8. The highest BCUT2D eigenvalue weighted by atomic mass is 16.3. The van der Waals surface area contributed by atoms with Crippen molar-refractivity contribution in [1.82, 2.24) is 4.90 Å². The molecule has 0 aromatic heterocycles. The van der Waals surface area contributed by atoms with Gasteiger partial charge in [-0.05, 0) is 36.2 Å². The molecule has 0 spiro atoms. The SMILES string of the molecule is OCCCCCCC12CC1CN(Cc1ccccc1)C2CO. The summed E-state index contributed by atoms with van der Waals surface area (Å²) in [7, 11) is 0. The van der Waals surface area contributed by atoms with Gasteiger partial charge in [-0.1, -0.05) is 49.6 Å². The number of aliphatic hydroxyl groups is 2. The van der Waals surface area contributed by atoms with Crippen LogP contribution in [-0.2, 0) is 6.54 Å². The maximum Gasteiger partial charge on any atom is 0.0592 e. The maximum atomic E-state index is 9.94. The first-order valence-corrected chi connectivity index (χ1v) is 8.80. The summed E-state index contributed by atoms with van der Waals surface area (Å²) in [6.45, 7) is 2.73. The van der Waals surface area contributed by atoms with Gasteiger partial charge < -0.3 is 10.2 Å². The summed E-state index contributed by atoms with van der Waals surface area (Å²) < 4.78 is 0. The second-order valence-electron chi connectivity index (χ2n) is 7.14. The minimum absolute atomic E-state index is 0.292. The van der Waals surface area contributed by atoms with Gasteiger partial charge in [0.05, 0.1) is 6.61 Å². The Labute approximate surface area is 134 Å². The number of likely N-dealkylation sites (tertiary alicyclic amines) is 1. The van der Waals surface area contributed by atoms with Gasteiger partial charge in [0.1, 0.15) is 0 Å². The number of benzene rings is 1. The summed E-state index contributed by atoms with van der Waals surface area (Å²) in [4.78, 5) is 2.50. The molecule has 1 aliphatic heterocycles. The van der Waals surface area contributed by atoms with Gasteiger partial charge >= 0.3 is 0 Å². The molecule has 0 bridgehead atoms. The van der Waals surface area contributed by atoms with Crippen LogP contribution in [0, 0.1) is 11.3 Å². The van der Waals surface area contributed by atoms with Crippen molar-refractivity contribution in [2.75, 3.05) is 19.8 Å². The van der Waals surface area contributed by atoms with Crippen molar-refractivity contribution < 1.29 is 10.2 Å². The van der Waals surface area contributed by atoms with Crippen molar-refractivity contribution in [1.29, 1.82) is 0 Å². The topological polar surface area (TPSA) is 43.7 Å². The normalized spacial score (nSPS) is 30.5. The van der Waals surface area contributed by atoms with Crippen LogP contribution in [0.15, 0.2) is 30.3 Å². The maximum absolute atomic E-state index is 9.94. The van der Waals surface area contributed by atoms with Crippen LogP contribution >= 0.6 is 0 Å². The zero-order valence-electron chi connectivity index (χ0n) is 13.5. The van der Waals surface area contributed by atoms with Gasteiger partial charge in [-0.3, -0.25) is 4.90 Å². The standard InChI is InChI=1S/C19H29NO2/c21-11-7-2-1-6-10-19-12-17(19)14-20(18(19)15-22)13-16-8-4-3-5-9-16/h3-5,8-9,17-18,21-22H,1-2,6-7,10-15H2. The van der Waals surface area contributed by atoms with Crippen molar-refractivity contribution in [3.63, 3.8) is 0 Å². The molecule has 1 aromatic rings. The van der Waals surface area contributed by atoms with Crippen molar-refractivity contribution in [3.05, 3.63) is 35.9 Å². The molecule has 3 heteroatoms. The van der Waals surface area contributed by atoms with Gasteiger partial charge in [0, 0.05) is 25.7 Å². The van der Waals surface area contributed by atoms with E-state index in [1.165, 1.54) is 31.2 Å². The van der Waals surface area contributed by atoms with E-state index in [2.05, 4.69) is 35.2 Å². The van der Waals surface area contributed by atoms with Gasteiger partial charge in [0.2, 0.25) is 0 Å². The van der Waals surface area contributed by atoms with Crippen LogP contribution in [0.3, 0.4) is 0 Å². The Morgan fingerprint density at radius 1 is 1.05 bits per heavy atom. The first kappa shape index (κ1) is 16.0. The number of piperidine rings is 1. The molecule has 3 nitrogen and oxygen atoms in total. The lowest BCUT2D eigenvalue weighted by molar-refractivity contribution is 0.0968. The molecule has 1 saturated carbocycles. The number of fused-ring (bicyclic) bond motifs is 1. The van der Waals surface area contributed by atoms with Crippen molar-refractivity contribution >= 4 is 0 Å². The van der Waals surface area contributed by atoms with Gasteiger partial charge in [0.25, 0.3) is 0 Å². The molecule has 1 saturated heterocycles. The second-order valence-corrected chi connectivity index (χ2v) is 7.14. The van der Waals surface area contributed by atoms with Crippen LogP contribution in [0.5, 0.6) is 0 Å². The van der Waals surface area contributed by atoms with E-state index in [1.54, 1.807) is 0 Å². The lowest BCUT2D eigenvalue weighted by Gasteiger charge is -2.31. The highest BCUT2D eigenvalue weighted by molar-refractivity contribution is 5.19. The molecule has 3 unspecified atom stereocenters. The van der Waals surface area contributed by atoms with Crippen LogP contribution in [-0.4, -0.2) is 40.9 Å². The lowest BCUT2D eigenvalue weighted by atomic mass is 9.89. The third-order valence-corrected chi connectivity index (χ3v) is 5.79. The van der Waals surface area contributed by atoms with Crippen LogP contribution in [0.1, 0.15) is 44.1 Å². The Morgan fingerprint density at radius 2 is 1.82 bits per heavy atom. The fraction of sp³-hybridized carbons (Fsp3) is 0.684. The van der Waals surface area contributed by atoms with Crippen molar-refractivity contribution in [2.45, 2.75) is 51.1 Å². The number of rotatable bonds is 9. The minimum Gasteiger partial charge on any atom is -0.396 e. The molecular weight excluding hydrogens is 274 g/mol. The molecule has 0 amide bonds. The van der Waals surface area contributed by atoms with Crippen molar-refractivity contribution in [2.24, 2.45) is 11.3 Å². The van der Waals surface area contributed by atoms with Crippen LogP contribution in [0.4, 0.5) is 0 Å². The average Bonchev–Trinajstić information content (AvgIpc) is 3.14. The Balaban J connectivity index is 1.54. The second kappa shape index (κ2) is 7.12. The molecule has 1 aromatic carbocycles. The fourth-order valence-corrected chi connectivity index (χ4v) is 4.51. The monoisotopic (exact) mass is 303 g/mol. The van der Waals surface area contributed by atoms with Gasteiger partial charge in [-0.15, -0.1) is 0 Å². The molecular formula is C19H29NO2. The van der Waals surface area contributed by atoms with E-state index in [0.717, 1.165) is 31.8 Å². The number of unbranched alkanes of at least 4 members (excludes halogenated alkanes) is 3. The van der Waals surface area contributed by atoms with E-state index in [0.29, 0.717) is 24.7 Å². The zero-order chi connectivity index (χ0) is 15.4. The summed E-state index contributed by atoms with van der Waals surface area (Å²) in [6.07, 6.45) is 7.08. The molecule has 1 aliphatic carbocycles. The van der Waals surface area contributed by atoms with E-state index in [1.807, 2.05) is 0 Å². The predicted molar refractivity (Wildman–Crippen MR) is 88.4 cm³/mol. The Morgan fingerprint density at radius 3 is 2.55 bits per heavy atom. The lowest BCUT2D eigenvalue weighted by Crippen LogP contribution is -2.39. The molecule has 1 heterocycles. The summed E-state index contributed by atoms with van der Waals surface area (Å²) in [6, 6.07) is 11.0. The molecule has 122 valence electrons. The summed E-state index contributed by atoms with van der Waals surface area (Å²) in [5.41, 5.74) is 1.74. The highest BCUT2D eigenvalue weighted by Crippen LogP contribution is 2.64.